The zero-order chi connectivity index (χ0) is 14.5. The molecule has 0 spiro atoms. The van der Waals surface area contributed by atoms with Crippen LogP contribution >= 0.6 is 11.3 Å². The minimum Gasteiger partial charge on any atom is -0.362 e. The first-order valence-corrected chi connectivity index (χ1v) is 7.41. The lowest BCUT2D eigenvalue weighted by Gasteiger charge is -2.13. The van der Waals surface area contributed by atoms with Crippen LogP contribution in [0, 0.1) is 6.92 Å². The Labute approximate surface area is 122 Å². The van der Waals surface area contributed by atoms with Gasteiger partial charge in [-0.05, 0) is 26.8 Å². The predicted octanol–water partition coefficient (Wildman–Crippen LogP) is 1.90. The number of aromatic nitrogens is 3. The number of hydrogen-bond donors (Lipinski definition) is 2. The molecule has 108 valence electrons. The first-order valence-electron chi connectivity index (χ1n) is 6.59. The van der Waals surface area contributed by atoms with Crippen molar-refractivity contribution < 1.29 is 4.79 Å². The smallest absolute Gasteiger partial charge is 0.263 e. The van der Waals surface area contributed by atoms with E-state index in [1.54, 1.807) is 10.9 Å². The highest BCUT2D eigenvalue weighted by atomic mass is 32.1. The number of nitrogens with zero attached hydrogens (tertiary/aromatic N) is 3. The van der Waals surface area contributed by atoms with E-state index in [1.807, 2.05) is 33.0 Å². The van der Waals surface area contributed by atoms with E-state index in [1.165, 1.54) is 11.3 Å². The molecule has 0 aliphatic heterocycles. The van der Waals surface area contributed by atoms with E-state index in [9.17, 15) is 4.79 Å². The van der Waals surface area contributed by atoms with Crippen molar-refractivity contribution >= 4 is 22.4 Å². The summed E-state index contributed by atoms with van der Waals surface area (Å²) in [6, 6.07) is 1.87. The summed E-state index contributed by atoms with van der Waals surface area (Å²) >= 11 is 1.39. The van der Waals surface area contributed by atoms with Crippen LogP contribution in [0.1, 0.15) is 29.2 Å². The molecule has 2 aromatic heterocycles. The maximum absolute atomic E-state index is 12.2. The van der Waals surface area contributed by atoms with Crippen LogP contribution in [-0.2, 0) is 6.54 Å². The molecule has 2 heterocycles. The van der Waals surface area contributed by atoms with E-state index in [-0.39, 0.29) is 11.9 Å². The third-order valence-electron chi connectivity index (χ3n) is 2.73. The largest absolute Gasteiger partial charge is 0.362 e. The molecule has 0 unspecified atom stereocenters. The Hall–Kier alpha value is -1.89. The molecule has 1 atom stereocenters. The quantitative estimate of drug-likeness (QED) is 0.853. The highest BCUT2D eigenvalue weighted by Gasteiger charge is 2.17. The van der Waals surface area contributed by atoms with Gasteiger partial charge in [0, 0.05) is 25.0 Å². The summed E-state index contributed by atoms with van der Waals surface area (Å²) in [5.41, 5.74) is 0.759. The van der Waals surface area contributed by atoms with Crippen molar-refractivity contribution in [1.29, 1.82) is 0 Å². The Morgan fingerprint density at radius 1 is 1.55 bits per heavy atom. The zero-order valence-electron chi connectivity index (χ0n) is 11.9. The number of carbonyl (C=O) groups excluding carboxylic acids is 1. The summed E-state index contributed by atoms with van der Waals surface area (Å²) < 4.78 is 1.80. The molecule has 20 heavy (non-hydrogen) atoms. The van der Waals surface area contributed by atoms with Crippen LogP contribution in [-0.4, -0.2) is 33.3 Å². The molecule has 0 fully saturated rings. The number of nitrogens with one attached hydrogen (secondary N) is 2. The van der Waals surface area contributed by atoms with Gasteiger partial charge in [-0.1, -0.05) is 11.3 Å². The van der Waals surface area contributed by atoms with E-state index in [2.05, 4.69) is 20.7 Å². The van der Waals surface area contributed by atoms with Crippen molar-refractivity contribution in [3.8, 4) is 0 Å². The van der Waals surface area contributed by atoms with Crippen LogP contribution in [0.4, 0.5) is 5.13 Å². The standard InChI is InChI=1S/C13H19N5OS/c1-4-14-13-17-10(3)11(20-13)12(19)16-9(2)8-18-7-5-6-15-18/h5-7,9H,4,8H2,1-3H3,(H,14,17)(H,16,19)/t9-/m1/s1. The number of hydrogen-bond acceptors (Lipinski definition) is 5. The van der Waals surface area contributed by atoms with Gasteiger partial charge in [0.2, 0.25) is 0 Å². The SMILES string of the molecule is CCNc1nc(C)c(C(=O)N[C@H](C)Cn2cccn2)s1. The number of rotatable bonds is 6. The second-order valence-electron chi connectivity index (χ2n) is 4.57. The fourth-order valence-electron chi connectivity index (χ4n) is 1.86. The van der Waals surface area contributed by atoms with Gasteiger partial charge in [0.25, 0.3) is 5.91 Å². The molecule has 0 saturated carbocycles. The van der Waals surface area contributed by atoms with Crippen molar-refractivity contribution in [2.24, 2.45) is 0 Å². The van der Waals surface area contributed by atoms with E-state index < -0.39 is 0 Å². The summed E-state index contributed by atoms with van der Waals surface area (Å²) in [6.07, 6.45) is 3.61. The van der Waals surface area contributed by atoms with Gasteiger partial charge in [0.15, 0.2) is 5.13 Å². The number of carbonyl (C=O) groups is 1. The molecule has 0 aliphatic rings. The van der Waals surface area contributed by atoms with Crippen molar-refractivity contribution in [2.75, 3.05) is 11.9 Å². The molecule has 0 aromatic carbocycles. The van der Waals surface area contributed by atoms with Crippen LogP contribution in [0.15, 0.2) is 18.5 Å². The van der Waals surface area contributed by atoms with Gasteiger partial charge in [-0.2, -0.15) is 5.10 Å². The molecule has 2 aromatic rings. The molecular weight excluding hydrogens is 274 g/mol. The Morgan fingerprint density at radius 3 is 3.00 bits per heavy atom. The van der Waals surface area contributed by atoms with Crippen molar-refractivity contribution in [3.63, 3.8) is 0 Å². The van der Waals surface area contributed by atoms with Crippen molar-refractivity contribution in [1.82, 2.24) is 20.1 Å². The number of anilines is 1. The van der Waals surface area contributed by atoms with Gasteiger partial charge in [-0.25, -0.2) is 4.98 Å². The maximum Gasteiger partial charge on any atom is 0.263 e. The summed E-state index contributed by atoms with van der Waals surface area (Å²) in [4.78, 5) is 17.2. The summed E-state index contributed by atoms with van der Waals surface area (Å²) in [5.74, 6) is -0.0798. The lowest BCUT2D eigenvalue weighted by atomic mass is 10.3. The number of aryl methyl sites for hydroxylation is 1. The third-order valence-corrected chi connectivity index (χ3v) is 3.84. The maximum atomic E-state index is 12.2. The normalized spacial score (nSPS) is 12.2. The summed E-state index contributed by atoms with van der Waals surface area (Å²) in [7, 11) is 0. The fraction of sp³-hybridized carbons (Fsp3) is 0.462. The molecule has 1 amide bonds. The molecule has 0 aliphatic carbocycles. The predicted molar refractivity (Wildman–Crippen MR) is 80.2 cm³/mol. The van der Waals surface area contributed by atoms with Crippen LogP contribution in [0.2, 0.25) is 0 Å². The lowest BCUT2D eigenvalue weighted by molar-refractivity contribution is 0.0939. The zero-order valence-corrected chi connectivity index (χ0v) is 12.7. The topological polar surface area (TPSA) is 71.8 Å². The van der Waals surface area contributed by atoms with Crippen molar-refractivity contribution in [2.45, 2.75) is 33.4 Å². The molecule has 0 saturated heterocycles. The third kappa shape index (κ3) is 3.57. The van der Waals surface area contributed by atoms with E-state index >= 15 is 0 Å². The van der Waals surface area contributed by atoms with Gasteiger partial charge in [0.05, 0.1) is 12.2 Å². The molecular formula is C13H19N5OS. The van der Waals surface area contributed by atoms with Crippen LogP contribution in [0.3, 0.4) is 0 Å². The average molecular weight is 293 g/mol. The Balaban J connectivity index is 1.97. The van der Waals surface area contributed by atoms with Gasteiger partial charge >= 0.3 is 0 Å². The Morgan fingerprint density at radius 2 is 2.35 bits per heavy atom. The van der Waals surface area contributed by atoms with Crippen molar-refractivity contribution in [3.05, 3.63) is 29.0 Å². The van der Waals surface area contributed by atoms with Gasteiger partial charge in [0.1, 0.15) is 4.88 Å². The van der Waals surface area contributed by atoms with Crippen LogP contribution in [0.25, 0.3) is 0 Å². The van der Waals surface area contributed by atoms with E-state index in [4.69, 9.17) is 0 Å². The van der Waals surface area contributed by atoms with Gasteiger partial charge in [-0.15, -0.1) is 0 Å². The average Bonchev–Trinajstić information content (AvgIpc) is 2.99. The highest BCUT2D eigenvalue weighted by molar-refractivity contribution is 7.17. The Bertz CT molecular complexity index is 563. The molecule has 2 N–H and O–H groups in total. The lowest BCUT2D eigenvalue weighted by Crippen LogP contribution is -2.35. The minimum absolute atomic E-state index is 0.00600. The molecule has 7 heteroatoms. The Kier molecular flexibility index (Phi) is 4.73. The second kappa shape index (κ2) is 6.51. The second-order valence-corrected chi connectivity index (χ2v) is 5.57. The van der Waals surface area contributed by atoms with E-state index in [0.717, 1.165) is 17.4 Å². The molecule has 2 rings (SSSR count). The highest BCUT2D eigenvalue weighted by Crippen LogP contribution is 2.22. The monoisotopic (exact) mass is 293 g/mol. The summed E-state index contributed by atoms with van der Waals surface area (Å²) in [5, 5.41) is 11.0. The van der Waals surface area contributed by atoms with Gasteiger partial charge in [-0.3, -0.25) is 9.48 Å². The van der Waals surface area contributed by atoms with Crippen LogP contribution < -0.4 is 10.6 Å². The first kappa shape index (κ1) is 14.5. The fourth-order valence-corrected chi connectivity index (χ4v) is 2.80. The van der Waals surface area contributed by atoms with Gasteiger partial charge < -0.3 is 10.6 Å². The van der Waals surface area contributed by atoms with Crippen LogP contribution in [0.5, 0.6) is 0 Å². The molecule has 6 nitrogen and oxygen atoms in total. The van der Waals surface area contributed by atoms with E-state index in [0.29, 0.717) is 11.4 Å². The molecule has 0 bridgehead atoms. The number of amides is 1. The first-order chi connectivity index (χ1) is 9.60. The minimum atomic E-state index is -0.0798. The number of thiazole rings is 1. The summed E-state index contributed by atoms with van der Waals surface area (Å²) in [6.45, 7) is 7.26. The molecule has 0 radical (unpaired) electrons.